The van der Waals surface area contributed by atoms with Crippen LogP contribution in [-0.4, -0.2) is 11.7 Å². The molecule has 1 saturated carbocycles. The molecule has 0 saturated heterocycles. The summed E-state index contributed by atoms with van der Waals surface area (Å²) in [6.07, 6.45) is -2.74. The molecular weight excluding hydrogens is 310 g/mol. The van der Waals surface area contributed by atoms with Gasteiger partial charge in [0, 0.05) is 15.6 Å². The van der Waals surface area contributed by atoms with Crippen molar-refractivity contribution < 1.29 is 13.2 Å². The summed E-state index contributed by atoms with van der Waals surface area (Å²) in [6.45, 7) is 0. The highest BCUT2D eigenvalue weighted by molar-refractivity contribution is 6.35. The van der Waals surface area contributed by atoms with E-state index in [0.717, 1.165) is 5.56 Å². The molecule has 6 heteroatoms. The first-order valence-corrected chi connectivity index (χ1v) is 7.25. The Morgan fingerprint density at radius 2 is 1.80 bits per heavy atom. The lowest BCUT2D eigenvalue weighted by Gasteiger charge is -2.38. The minimum absolute atomic E-state index is 0.0885. The van der Waals surface area contributed by atoms with Gasteiger partial charge >= 0.3 is 6.18 Å². The maximum Gasteiger partial charge on any atom is 0.391 e. The summed E-state index contributed by atoms with van der Waals surface area (Å²) < 4.78 is 38.0. The van der Waals surface area contributed by atoms with Crippen LogP contribution >= 0.6 is 23.2 Å². The number of hydrogen-bond acceptors (Lipinski definition) is 1. The van der Waals surface area contributed by atoms with E-state index in [1.54, 1.807) is 18.2 Å². The summed E-state index contributed by atoms with van der Waals surface area (Å²) in [4.78, 5) is 0. The molecule has 0 bridgehead atoms. The third-order valence-electron chi connectivity index (χ3n) is 4.00. The Bertz CT molecular complexity index is 480. The highest BCUT2D eigenvalue weighted by Crippen LogP contribution is 2.41. The molecule has 20 heavy (non-hydrogen) atoms. The van der Waals surface area contributed by atoms with Crippen LogP contribution in [0.2, 0.25) is 10.0 Å². The molecule has 1 aromatic carbocycles. The smallest absolute Gasteiger partial charge is 0.325 e. The molecule has 1 aliphatic carbocycles. The van der Waals surface area contributed by atoms with Crippen LogP contribution in [0.5, 0.6) is 0 Å². The van der Waals surface area contributed by atoms with Gasteiger partial charge in [-0.15, -0.1) is 0 Å². The second-order valence-corrected chi connectivity index (χ2v) is 6.43. The van der Waals surface area contributed by atoms with Gasteiger partial charge in [-0.2, -0.15) is 13.2 Å². The summed E-state index contributed by atoms with van der Waals surface area (Å²) in [7, 11) is 0. The minimum atomic E-state index is -4.11. The summed E-state index contributed by atoms with van der Waals surface area (Å²) in [6, 6.07) is 5.13. The number of rotatable bonds is 2. The van der Waals surface area contributed by atoms with E-state index in [2.05, 4.69) is 0 Å². The van der Waals surface area contributed by atoms with Gasteiger partial charge in [0.05, 0.1) is 5.92 Å². The van der Waals surface area contributed by atoms with Gasteiger partial charge in [0.15, 0.2) is 0 Å². The molecule has 0 atom stereocenters. The molecule has 1 aromatic rings. The lowest BCUT2D eigenvalue weighted by atomic mass is 9.74. The van der Waals surface area contributed by atoms with E-state index in [9.17, 15) is 13.2 Å². The second kappa shape index (κ2) is 5.74. The van der Waals surface area contributed by atoms with Crippen molar-refractivity contribution in [3.05, 3.63) is 33.8 Å². The minimum Gasteiger partial charge on any atom is -0.325 e. The highest BCUT2D eigenvalue weighted by Gasteiger charge is 2.44. The monoisotopic (exact) mass is 325 g/mol. The highest BCUT2D eigenvalue weighted by atomic mass is 35.5. The summed E-state index contributed by atoms with van der Waals surface area (Å²) in [5.41, 5.74) is 6.47. The Kier molecular flexibility index (Phi) is 4.57. The molecule has 0 heterocycles. The molecule has 1 fully saturated rings. The van der Waals surface area contributed by atoms with E-state index in [-0.39, 0.29) is 12.8 Å². The van der Waals surface area contributed by atoms with Crippen molar-refractivity contribution in [3.8, 4) is 0 Å². The molecule has 1 nitrogen and oxygen atoms in total. The summed E-state index contributed by atoms with van der Waals surface area (Å²) in [5, 5.41) is 1.05. The molecule has 0 amide bonds. The van der Waals surface area contributed by atoms with Crippen LogP contribution in [0.3, 0.4) is 0 Å². The fourth-order valence-electron chi connectivity index (χ4n) is 2.74. The Morgan fingerprint density at radius 1 is 1.20 bits per heavy atom. The lowest BCUT2D eigenvalue weighted by Crippen LogP contribution is -2.47. The van der Waals surface area contributed by atoms with Crippen LogP contribution in [0.1, 0.15) is 31.2 Å². The standard InChI is InChI=1S/C14H16Cl2F3N/c15-11-2-1-9(12(16)7-11)8-13(20)5-3-10(4-6-13)14(17,18)19/h1-2,7,10H,3-6,8,20H2. The second-order valence-electron chi connectivity index (χ2n) is 5.59. The van der Waals surface area contributed by atoms with E-state index >= 15 is 0 Å². The topological polar surface area (TPSA) is 26.0 Å². The van der Waals surface area contributed by atoms with Gasteiger partial charge in [0.1, 0.15) is 0 Å². The molecule has 0 radical (unpaired) electrons. The normalized spacial score (nSPS) is 27.6. The first-order chi connectivity index (χ1) is 9.20. The molecule has 0 unspecified atom stereocenters. The Hall–Kier alpha value is -0.450. The number of alkyl halides is 3. The summed E-state index contributed by atoms with van der Waals surface area (Å²) in [5.74, 6) is -1.22. The van der Waals surface area contributed by atoms with Gasteiger partial charge in [0.25, 0.3) is 0 Å². The van der Waals surface area contributed by atoms with Crippen molar-refractivity contribution >= 4 is 23.2 Å². The zero-order valence-electron chi connectivity index (χ0n) is 10.8. The van der Waals surface area contributed by atoms with Crippen molar-refractivity contribution in [2.75, 3.05) is 0 Å². The third-order valence-corrected chi connectivity index (χ3v) is 4.59. The van der Waals surface area contributed by atoms with Gasteiger partial charge in [0.2, 0.25) is 0 Å². The van der Waals surface area contributed by atoms with Crippen LogP contribution < -0.4 is 5.73 Å². The first-order valence-electron chi connectivity index (χ1n) is 6.49. The molecule has 1 aliphatic rings. The lowest BCUT2D eigenvalue weighted by molar-refractivity contribution is -0.184. The molecule has 2 rings (SSSR count). The van der Waals surface area contributed by atoms with E-state index in [1.165, 1.54) is 0 Å². The predicted octanol–water partition coefficient (Wildman–Crippen LogP) is 4.99. The van der Waals surface area contributed by atoms with Gasteiger partial charge in [-0.25, -0.2) is 0 Å². The summed E-state index contributed by atoms with van der Waals surface area (Å²) >= 11 is 11.9. The Labute approximate surface area is 126 Å². The van der Waals surface area contributed by atoms with E-state index in [1.807, 2.05) is 0 Å². The molecule has 112 valence electrons. The number of nitrogens with two attached hydrogens (primary N) is 1. The maximum absolute atomic E-state index is 12.7. The van der Waals surface area contributed by atoms with Crippen molar-refractivity contribution in [3.63, 3.8) is 0 Å². The van der Waals surface area contributed by atoms with E-state index < -0.39 is 17.6 Å². The molecule has 0 aliphatic heterocycles. The van der Waals surface area contributed by atoms with Crippen molar-refractivity contribution in [1.82, 2.24) is 0 Å². The largest absolute Gasteiger partial charge is 0.391 e. The van der Waals surface area contributed by atoms with Gasteiger partial charge < -0.3 is 5.73 Å². The van der Waals surface area contributed by atoms with Gasteiger partial charge in [-0.3, -0.25) is 0 Å². The van der Waals surface area contributed by atoms with Crippen molar-refractivity contribution in [2.24, 2.45) is 11.7 Å². The fraction of sp³-hybridized carbons (Fsp3) is 0.571. The predicted molar refractivity (Wildman–Crippen MR) is 75.1 cm³/mol. The number of benzene rings is 1. The van der Waals surface area contributed by atoms with Gasteiger partial charge in [-0.05, 0) is 49.8 Å². The molecule has 0 aromatic heterocycles. The zero-order chi connectivity index (χ0) is 15.0. The van der Waals surface area contributed by atoms with Crippen LogP contribution in [0, 0.1) is 5.92 Å². The quantitative estimate of drug-likeness (QED) is 0.814. The Morgan fingerprint density at radius 3 is 2.30 bits per heavy atom. The van der Waals surface area contributed by atoms with Crippen molar-refractivity contribution in [1.29, 1.82) is 0 Å². The average Bonchev–Trinajstić information content (AvgIpc) is 2.32. The Balaban J connectivity index is 2.03. The average molecular weight is 326 g/mol. The van der Waals surface area contributed by atoms with Crippen molar-refractivity contribution in [2.45, 2.75) is 43.8 Å². The molecular formula is C14H16Cl2F3N. The molecule has 0 spiro atoms. The van der Waals surface area contributed by atoms with Crippen LogP contribution in [0.15, 0.2) is 18.2 Å². The SMILES string of the molecule is NC1(Cc2ccc(Cl)cc2Cl)CCC(C(F)(F)F)CC1. The van der Waals surface area contributed by atoms with Gasteiger partial charge in [-0.1, -0.05) is 29.3 Å². The van der Waals surface area contributed by atoms with E-state index in [4.69, 9.17) is 28.9 Å². The molecule has 2 N–H and O–H groups in total. The van der Waals surface area contributed by atoms with Crippen LogP contribution in [0.25, 0.3) is 0 Å². The maximum atomic E-state index is 12.7. The van der Waals surface area contributed by atoms with E-state index in [0.29, 0.717) is 29.3 Å². The fourth-order valence-corrected chi connectivity index (χ4v) is 3.22. The van der Waals surface area contributed by atoms with Crippen LogP contribution in [0.4, 0.5) is 13.2 Å². The first kappa shape index (κ1) is 15.9. The third kappa shape index (κ3) is 3.80. The zero-order valence-corrected chi connectivity index (χ0v) is 12.3. The number of halogens is 5. The van der Waals surface area contributed by atoms with Crippen LogP contribution in [-0.2, 0) is 6.42 Å². The number of hydrogen-bond donors (Lipinski definition) is 1.